The van der Waals surface area contributed by atoms with E-state index in [1.807, 2.05) is 36.4 Å². The molecule has 0 aliphatic carbocycles. The summed E-state index contributed by atoms with van der Waals surface area (Å²) in [6, 6.07) is 46.4. The number of hydrogen-bond acceptors (Lipinski definition) is 8. The lowest BCUT2D eigenvalue weighted by Gasteiger charge is -2.15. The molecule has 0 spiro atoms. The number of nitrogens with two attached hydrogens (primary N) is 1. The zero-order valence-corrected chi connectivity index (χ0v) is 55.0. The van der Waals surface area contributed by atoms with Crippen molar-refractivity contribution in [3.63, 3.8) is 0 Å². The van der Waals surface area contributed by atoms with Gasteiger partial charge in [-0.25, -0.2) is 0 Å². The summed E-state index contributed by atoms with van der Waals surface area (Å²) in [5.41, 5.74) is 27.9. The van der Waals surface area contributed by atoms with Crippen LogP contribution >= 0.6 is 31.9 Å². The van der Waals surface area contributed by atoms with Gasteiger partial charge < -0.3 is 40.6 Å². The molecule has 11 nitrogen and oxygen atoms in total. The number of carbonyl (C=O) groups excluding carboxylic acids is 3. The van der Waals surface area contributed by atoms with E-state index in [0.29, 0.717) is 43.5 Å². The van der Waals surface area contributed by atoms with Crippen molar-refractivity contribution in [2.75, 3.05) is 48.1 Å². The predicted octanol–water partition coefficient (Wildman–Crippen LogP) is 18.6. The van der Waals surface area contributed by atoms with E-state index >= 15 is 0 Å². The van der Waals surface area contributed by atoms with E-state index in [0.717, 1.165) is 143 Å². The van der Waals surface area contributed by atoms with E-state index in [1.54, 1.807) is 0 Å². The first-order valence-electron chi connectivity index (χ1n) is 30.2. The van der Waals surface area contributed by atoms with E-state index in [9.17, 15) is 14.4 Å². The van der Waals surface area contributed by atoms with E-state index in [2.05, 4.69) is 200 Å². The molecule has 0 saturated carbocycles. The minimum atomic E-state index is -0.0781. The molecule has 3 amide bonds. The van der Waals surface area contributed by atoms with Crippen LogP contribution in [0.2, 0.25) is 0 Å². The Morgan fingerprint density at radius 2 is 0.690 bits per heavy atom. The maximum atomic E-state index is 11.5. The van der Waals surface area contributed by atoms with Gasteiger partial charge in [-0.3, -0.25) is 14.4 Å². The molecule has 8 aromatic carbocycles. The zero-order valence-electron chi connectivity index (χ0n) is 51.9. The standard InChI is InChI=1S/2C19H20BrNO2.C19H21NO2.C17H19NO/c2*1-11(2)13-4-6-14(7-5-13)16-10-17(21-12(3)22)18(20)15-8-9-23-19(15)16;1-12(2)14-4-6-15(7-5-14)18-11-17(20-13(3)21)10-16-8-9-22-19(16)18;1-11(2)12-3-5-13(6-4-12)16-10-15(18)9-14-7-8-19-17(14)16/h2*4-7,10-11H,8-9H2,1-3H3,(H,21,22);4-7,10-12H,8-9H2,1-3H3,(H,20,21);3-6,9-11H,7-8,18H2,1-2H3. The van der Waals surface area contributed by atoms with Crippen LogP contribution in [-0.4, -0.2) is 44.1 Å². The van der Waals surface area contributed by atoms with Crippen molar-refractivity contribution >= 4 is 72.3 Å². The van der Waals surface area contributed by atoms with E-state index in [-0.39, 0.29) is 17.7 Å². The summed E-state index contributed by atoms with van der Waals surface area (Å²) in [4.78, 5) is 34.3. The van der Waals surface area contributed by atoms with Crippen LogP contribution in [0.5, 0.6) is 23.0 Å². The molecule has 4 aliphatic heterocycles. The number of halogens is 2. The molecule has 0 saturated heterocycles. The summed E-state index contributed by atoms with van der Waals surface area (Å²) in [6.07, 6.45) is 3.54. The molecule has 8 aromatic rings. The molecule has 13 heteroatoms. The van der Waals surface area contributed by atoms with Crippen molar-refractivity contribution in [3.05, 3.63) is 187 Å². The molecule has 452 valence electrons. The van der Waals surface area contributed by atoms with E-state index in [4.69, 9.17) is 24.7 Å². The average molecular weight is 1300 g/mol. The Hall–Kier alpha value is -7.87. The number of amides is 3. The average Bonchev–Trinajstić information content (AvgIpc) is 2.04. The fourth-order valence-electron chi connectivity index (χ4n) is 11.2. The summed E-state index contributed by atoms with van der Waals surface area (Å²) >= 11 is 7.21. The highest BCUT2D eigenvalue weighted by molar-refractivity contribution is 9.11. The number of nitrogens with one attached hydrogen (secondary N) is 3. The number of rotatable bonds is 11. The maximum Gasteiger partial charge on any atom is 0.221 e. The summed E-state index contributed by atoms with van der Waals surface area (Å²) in [7, 11) is 0. The Balaban J connectivity index is 0.000000139. The lowest BCUT2D eigenvalue weighted by molar-refractivity contribution is -0.115. The van der Waals surface area contributed by atoms with Crippen LogP contribution in [-0.2, 0) is 40.1 Å². The van der Waals surface area contributed by atoms with Crippen LogP contribution in [0.3, 0.4) is 0 Å². The Labute approximate surface area is 530 Å². The van der Waals surface area contributed by atoms with Gasteiger partial charge in [0, 0.05) is 111 Å². The highest BCUT2D eigenvalue weighted by atomic mass is 79.9. The number of fused-ring (bicyclic) bond motifs is 4. The molecular weight excluding hydrogens is 1220 g/mol. The van der Waals surface area contributed by atoms with Gasteiger partial charge >= 0.3 is 0 Å². The minimum Gasteiger partial charge on any atom is -0.492 e. The van der Waals surface area contributed by atoms with Gasteiger partial charge in [-0.15, -0.1) is 0 Å². The molecule has 0 bridgehead atoms. The lowest BCUT2D eigenvalue weighted by Crippen LogP contribution is -2.07. The van der Waals surface area contributed by atoms with Gasteiger partial charge in [-0.2, -0.15) is 0 Å². The Kier molecular flexibility index (Phi) is 20.7. The van der Waals surface area contributed by atoms with Crippen molar-refractivity contribution in [1.29, 1.82) is 0 Å². The van der Waals surface area contributed by atoms with Crippen LogP contribution in [0, 0.1) is 0 Å². The number of nitrogen functional groups attached to an aromatic ring is 1. The second-order valence-corrected chi connectivity index (χ2v) is 25.4. The van der Waals surface area contributed by atoms with Crippen molar-refractivity contribution in [2.24, 2.45) is 0 Å². The van der Waals surface area contributed by atoms with Crippen LogP contribution in [0.15, 0.2) is 142 Å². The number of hydrogen-bond donors (Lipinski definition) is 4. The summed E-state index contributed by atoms with van der Waals surface area (Å²) in [6.45, 7) is 24.9. The molecule has 0 fully saturated rings. The first-order valence-corrected chi connectivity index (χ1v) is 31.8. The summed E-state index contributed by atoms with van der Waals surface area (Å²) in [5, 5.41) is 8.68. The van der Waals surface area contributed by atoms with Crippen LogP contribution < -0.4 is 40.6 Å². The first-order chi connectivity index (χ1) is 41.6. The molecule has 0 atom stereocenters. The van der Waals surface area contributed by atoms with Crippen molar-refractivity contribution < 1.29 is 33.3 Å². The normalized spacial score (nSPS) is 13.0. The monoisotopic (exact) mass is 1290 g/mol. The second kappa shape index (κ2) is 28.3. The number of ether oxygens (including phenoxy) is 4. The zero-order chi connectivity index (χ0) is 62.2. The van der Waals surface area contributed by atoms with Gasteiger partial charge in [0.1, 0.15) is 23.0 Å². The SMILES string of the molecule is CC(=O)Nc1cc(-c2ccc(C(C)C)cc2)c2c(c1Br)CCO2.CC(=O)Nc1cc(-c2ccc(C(C)C)cc2)c2c(c1Br)CCO2.CC(=O)Nc1cc2c(c(-c3ccc(C(C)C)cc3)c1)OCC2.CC(C)c1ccc(-c2cc(N)cc3c2OCC3)cc1. The van der Waals surface area contributed by atoms with Gasteiger partial charge in [0.2, 0.25) is 17.7 Å². The topological polar surface area (TPSA) is 150 Å². The molecule has 0 radical (unpaired) electrons. The smallest absolute Gasteiger partial charge is 0.221 e. The van der Waals surface area contributed by atoms with Crippen molar-refractivity contribution in [1.82, 2.24) is 0 Å². The molecule has 12 rings (SSSR count). The van der Waals surface area contributed by atoms with Gasteiger partial charge in [0.25, 0.3) is 0 Å². The molecule has 5 N–H and O–H groups in total. The first kappa shape index (κ1) is 63.6. The molecular formula is C74H80Br2N4O7. The third-order valence-electron chi connectivity index (χ3n) is 15.9. The van der Waals surface area contributed by atoms with Crippen LogP contribution in [0.1, 0.15) is 144 Å². The lowest BCUT2D eigenvalue weighted by atomic mass is 9.96. The van der Waals surface area contributed by atoms with E-state index < -0.39 is 0 Å². The predicted molar refractivity (Wildman–Crippen MR) is 363 cm³/mol. The fraction of sp³-hybridized carbons (Fsp3) is 0.311. The van der Waals surface area contributed by atoms with Crippen LogP contribution in [0.25, 0.3) is 44.5 Å². The minimum absolute atomic E-state index is 0.0556. The highest BCUT2D eigenvalue weighted by Crippen LogP contribution is 2.47. The van der Waals surface area contributed by atoms with Gasteiger partial charge in [-0.1, -0.05) is 152 Å². The highest BCUT2D eigenvalue weighted by Gasteiger charge is 2.26. The third-order valence-corrected chi connectivity index (χ3v) is 17.7. The maximum absolute atomic E-state index is 11.5. The molecule has 0 unspecified atom stereocenters. The molecule has 4 heterocycles. The largest absolute Gasteiger partial charge is 0.492 e. The molecule has 0 aromatic heterocycles. The second-order valence-electron chi connectivity index (χ2n) is 23.8. The van der Waals surface area contributed by atoms with Gasteiger partial charge in [-0.05, 0) is 136 Å². The molecule has 87 heavy (non-hydrogen) atoms. The summed E-state index contributed by atoms with van der Waals surface area (Å²) in [5.74, 6) is 5.66. The third kappa shape index (κ3) is 15.3. The van der Waals surface area contributed by atoms with Gasteiger partial charge in [0.05, 0.1) is 37.8 Å². The Morgan fingerprint density at radius 1 is 0.391 bits per heavy atom. The number of carbonyl (C=O) groups is 3. The number of anilines is 4. The van der Waals surface area contributed by atoms with Crippen molar-refractivity contribution in [2.45, 2.75) is 126 Å². The van der Waals surface area contributed by atoms with E-state index in [1.165, 1.54) is 54.2 Å². The fourth-order valence-corrected chi connectivity index (χ4v) is 12.4. The molecule has 4 aliphatic rings. The summed E-state index contributed by atoms with van der Waals surface area (Å²) < 4.78 is 25.1. The van der Waals surface area contributed by atoms with Gasteiger partial charge in [0.15, 0.2) is 0 Å². The quantitative estimate of drug-likeness (QED) is 0.0935. The van der Waals surface area contributed by atoms with Crippen LogP contribution in [0.4, 0.5) is 22.7 Å². The Bertz CT molecular complexity index is 3670. The van der Waals surface area contributed by atoms with Crippen molar-refractivity contribution in [3.8, 4) is 67.5 Å². The Morgan fingerprint density at radius 3 is 1.02 bits per heavy atom. The number of benzene rings is 8.